The fraction of sp³-hybridized carbons (Fsp3) is 0.310. The summed E-state index contributed by atoms with van der Waals surface area (Å²) >= 11 is 0. The van der Waals surface area contributed by atoms with Gasteiger partial charge in [-0.2, -0.15) is 5.21 Å². The van der Waals surface area contributed by atoms with Crippen LogP contribution in [0.1, 0.15) is 71.9 Å². The molecule has 1 unspecified atom stereocenters. The van der Waals surface area contributed by atoms with Gasteiger partial charge >= 0.3 is 11.8 Å². The molecule has 2 N–H and O–H groups in total. The van der Waals surface area contributed by atoms with Crippen LogP contribution in [0.4, 0.5) is 0 Å². The highest BCUT2D eigenvalue weighted by molar-refractivity contribution is 5.89. The molecule has 5 rings (SSSR count). The maximum atomic E-state index is 13.4. The van der Waals surface area contributed by atoms with E-state index in [0.29, 0.717) is 31.0 Å². The van der Waals surface area contributed by atoms with Crippen molar-refractivity contribution in [3.05, 3.63) is 93.4 Å². The largest absolute Gasteiger partial charge is 0.519 e. The summed E-state index contributed by atoms with van der Waals surface area (Å²) in [6.45, 7) is 5.42. The van der Waals surface area contributed by atoms with Crippen LogP contribution in [0.3, 0.4) is 0 Å². The molecule has 5 aromatic rings. The Morgan fingerprint density at radius 2 is 1.85 bits per heavy atom. The van der Waals surface area contributed by atoms with Crippen LogP contribution < -0.4 is 5.82 Å². The maximum Gasteiger partial charge on any atom is 0.519 e. The Morgan fingerprint density at radius 3 is 2.49 bits per heavy atom. The second-order valence-corrected chi connectivity index (χ2v) is 9.51. The monoisotopic (exact) mass is 558 g/mol. The van der Waals surface area contributed by atoms with Gasteiger partial charge in [-0.1, -0.05) is 62.4 Å². The molecule has 3 aromatic heterocycles. The lowest BCUT2D eigenvalue weighted by Gasteiger charge is -2.14. The van der Waals surface area contributed by atoms with E-state index in [1.54, 1.807) is 11.5 Å². The zero-order valence-corrected chi connectivity index (χ0v) is 23.0. The normalized spacial score (nSPS) is 12.0. The summed E-state index contributed by atoms with van der Waals surface area (Å²) in [6, 6.07) is 15.7. The number of esters is 1. The van der Waals surface area contributed by atoms with E-state index < -0.39 is 17.9 Å². The molecule has 0 spiro atoms. The van der Waals surface area contributed by atoms with Gasteiger partial charge in [-0.25, -0.2) is 14.6 Å². The lowest BCUT2D eigenvalue weighted by Crippen LogP contribution is -2.17. The van der Waals surface area contributed by atoms with E-state index in [9.17, 15) is 14.7 Å². The number of hydrogen-bond donors (Lipinski definition) is 2. The maximum absolute atomic E-state index is 13.4. The van der Waals surface area contributed by atoms with Gasteiger partial charge in [0.1, 0.15) is 11.5 Å². The van der Waals surface area contributed by atoms with Gasteiger partial charge in [-0.05, 0) is 41.7 Å². The van der Waals surface area contributed by atoms with Gasteiger partial charge in [0, 0.05) is 18.5 Å². The topological polar surface area (TPSA) is 162 Å². The third-order valence-electron chi connectivity index (χ3n) is 6.73. The van der Waals surface area contributed by atoms with Crippen LogP contribution in [0.5, 0.6) is 0 Å². The molecule has 0 aliphatic rings. The van der Waals surface area contributed by atoms with Crippen molar-refractivity contribution in [3.8, 4) is 22.5 Å². The lowest BCUT2D eigenvalue weighted by molar-refractivity contribution is 0.0422. The van der Waals surface area contributed by atoms with E-state index in [4.69, 9.17) is 13.6 Å². The Kier molecular flexibility index (Phi) is 8.20. The molecule has 0 fully saturated rings. The number of aromatic nitrogens is 6. The first-order chi connectivity index (χ1) is 19.9. The van der Waals surface area contributed by atoms with Crippen molar-refractivity contribution in [3.63, 3.8) is 0 Å². The summed E-state index contributed by atoms with van der Waals surface area (Å²) in [5, 5.41) is 25.1. The average Bonchev–Trinajstić information content (AvgIpc) is 3.71. The number of nitrogens with one attached hydrogen (secondary N) is 1. The van der Waals surface area contributed by atoms with Gasteiger partial charge in [0.2, 0.25) is 5.82 Å². The van der Waals surface area contributed by atoms with Crippen molar-refractivity contribution < 1.29 is 23.5 Å². The van der Waals surface area contributed by atoms with Gasteiger partial charge in [-0.15, -0.1) is 10.2 Å². The van der Waals surface area contributed by atoms with Gasteiger partial charge in [-0.3, -0.25) is 0 Å². The van der Waals surface area contributed by atoms with Crippen molar-refractivity contribution in [2.24, 2.45) is 0 Å². The predicted octanol–water partition coefficient (Wildman–Crippen LogP) is 4.39. The molecule has 12 heteroatoms. The molecule has 1 atom stereocenters. The smallest absolute Gasteiger partial charge is 0.453 e. The number of imidazole rings is 1. The highest BCUT2D eigenvalue weighted by Gasteiger charge is 2.28. The molecule has 212 valence electrons. The van der Waals surface area contributed by atoms with Gasteiger partial charge in [0.25, 0.3) is 0 Å². The number of aliphatic hydroxyl groups excluding tert-OH is 1. The molecular weight excluding hydrogens is 528 g/mol. The number of tetrazole rings is 1. The van der Waals surface area contributed by atoms with Gasteiger partial charge in [0.15, 0.2) is 23.8 Å². The molecule has 3 heterocycles. The molecule has 12 nitrogen and oxygen atoms in total. The second kappa shape index (κ2) is 12.1. The number of rotatable bonds is 11. The molecule has 41 heavy (non-hydrogen) atoms. The van der Waals surface area contributed by atoms with E-state index in [1.165, 1.54) is 0 Å². The summed E-state index contributed by atoms with van der Waals surface area (Å²) in [4.78, 5) is 29.5. The predicted molar refractivity (Wildman–Crippen MR) is 147 cm³/mol. The van der Waals surface area contributed by atoms with E-state index in [1.807, 2.05) is 62.4 Å². The summed E-state index contributed by atoms with van der Waals surface area (Å²) < 4.78 is 17.1. The van der Waals surface area contributed by atoms with E-state index in [0.717, 1.165) is 28.7 Å². The number of carbonyl (C=O) groups excluding carboxylic acids is 1. The Bertz CT molecular complexity index is 1680. The highest BCUT2D eigenvalue weighted by Crippen LogP contribution is 2.30. The van der Waals surface area contributed by atoms with E-state index in [-0.39, 0.29) is 29.5 Å². The summed E-state index contributed by atoms with van der Waals surface area (Å²) in [7, 11) is 0. The quantitative estimate of drug-likeness (QED) is 0.222. The van der Waals surface area contributed by atoms with E-state index in [2.05, 4.69) is 25.6 Å². The number of ether oxygens (including phenoxy) is 1. The molecule has 2 aromatic carbocycles. The zero-order chi connectivity index (χ0) is 28.9. The Hall–Kier alpha value is -4.84. The minimum Gasteiger partial charge on any atom is -0.453 e. The van der Waals surface area contributed by atoms with Crippen LogP contribution in [-0.4, -0.2) is 41.3 Å². The molecule has 0 saturated heterocycles. The SMILES string of the molecule is CCCc1nc(C(O)CC)c(C(=O)OCc2oc(=O)oc2C)n1Cc1ccc(-c2ccccc2-c2nn[nH]n2)cc1. The molecule has 0 saturated carbocycles. The average molecular weight is 559 g/mol. The minimum atomic E-state index is -0.952. The first kappa shape index (κ1) is 27.7. The van der Waals surface area contributed by atoms with Crippen LogP contribution in [0.15, 0.2) is 62.2 Å². The minimum absolute atomic E-state index is 0.123. The number of H-pyrrole nitrogens is 1. The van der Waals surface area contributed by atoms with Crippen LogP contribution in [0.25, 0.3) is 22.5 Å². The first-order valence-corrected chi connectivity index (χ1v) is 13.4. The molecule has 0 amide bonds. The van der Waals surface area contributed by atoms with Crippen LogP contribution in [-0.2, 0) is 24.3 Å². The lowest BCUT2D eigenvalue weighted by atomic mass is 9.98. The zero-order valence-electron chi connectivity index (χ0n) is 23.0. The number of benzene rings is 2. The van der Waals surface area contributed by atoms with Gasteiger partial charge in [0.05, 0.1) is 6.10 Å². The summed E-state index contributed by atoms with van der Waals surface area (Å²) in [5.74, 6) is -0.0253. The number of nitrogens with zero attached hydrogens (tertiary/aromatic N) is 5. The fourth-order valence-electron chi connectivity index (χ4n) is 4.63. The third kappa shape index (κ3) is 5.87. The van der Waals surface area contributed by atoms with Crippen molar-refractivity contribution in [1.82, 2.24) is 30.2 Å². The van der Waals surface area contributed by atoms with Crippen LogP contribution >= 0.6 is 0 Å². The van der Waals surface area contributed by atoms with Crippen LogP contribution in [0, 0.1) is 6.92 Å². The summed E-state index contributed by atoms with van der Waals surface area (Å²) in [6.07, 6.45) is 0.806. The van der Waals surface area contributed by atoms with Crippen molar-refractivity contribution >= 4 is 5.97 Å². The number of hydrogen-bond acceptors (Lipinski definition) is 10. The van der Waals surface area contributed by atoms with Crippen molar-refractivity contribution in [1.29, 1.82) is 0 Å². The standard InChI is InChI=1S/C29H30N6O6/c1-4-8-24-30-25(22(36)5-2)26(28(37)39-16-23-17(3)40-29(38)41-23)35(24)15-18-11-13-19(14-12-18)20-9-6-7-10-21(20)27-31-33-34-32-27/h6-7,9-14,22,36H,4-5,8,15-16H2,1-3H3,(H,31,32,33,34). The van der Waals surface area contributed by atoms with Crippen molar-refractivity contribution in [2.45, 2.75) is 59.3 Å². The third-order valence-corrected chi connectivity index (χ3v) is 6.73. The molecule has 0 radical (unpaired) electrons. The van der Waals surface area contributed by atoms with Gasteiger partial charge < -0.3 is 23.2 Å². The van der Waals surface area contributed by atoms with Crippen LogP contribution in [0.2, 0.25) is 0 Å². The first-order valence-electron chi connectivity index (χ1n) is 13.4. The summed E-state index contributed by atoms with van der Waals surface area (Å²) in [5.41, 5.74) is 4.11. The van der Waals surface area contributed by atoms with E-state index >= 15 is 0 Å². The highest BCUT2D eigenvalue weighted by atomic mass is 16.6. The Labute approximate surface area is 235 Å². The molecular formula is C29H30N6O6. The number of aliphatic hydroxyl groups is 1. The van der Waals surface area contributed by atoms with Crippen molar-refractivity contribution in [2.75, 3.05) is 0 Å². The Morgan fingerprint density at radius 1 is 1.10 bits per heavy atom. The number of aryl methyl sites for hydroxylation is 2. The fourth-order valence-corrected chi connectivity index (χ4v) is 4.63. The second-order valence-electron chi connectivity index (χ2n) is 9.51. The molecule has 0 bridgehead atoms. The number of aromatic amines is 1. The molecule has 0 aliphatic carbocycles. The Balaban J connectivity index is 1.47. The molecule has 0 aliphatic heterocycles. The number of carbonyl (C=O) groups is 1.